The molecule has 1 aliphatic heterocycles. The Bertz CT molecular complexity index is 985. The molecule has 0 aromatic heterocycles. The fourth-order valence-electron chi connectivity index (χ4n) is 6.70. The van der Waals surface area contributed by atoms with E-state index in [9.17, 15) is 14.4 Å². The Balaban J connectivity index is 2.22. The van der Waals surface area contributed by atoms with E-state index < -0.39 is 36.0 Å². The molecule has 0 aromatic carbocycles. The molecule has 1 saturated carbocycles. The van der Waals surface area contributed by atoms with Crippen molar-refractivity contribution in [1.82, 2.24) is 0 Å². The van der Waals surface area contributed by atoms with Crippen molar-refractivity contribution < 1.29 is 38.1 Å². The third-order valence-electron chi connectivity index (χ3n) is 9.21. The van der Waals surface area contributed by atoms with Gasteiger partial charge in [0.05, 0.1) is 17.4 Å². The van der Waals surface area contributed by atoms with E-state index in [0.717, 1.165) is 18.4 Å². The average molecular weight is 533 g/mol. The van der Waals surface area contributed by atoms with E-state index >= 15 is 0 Å². The molecule has 0 aromatic rings. The van der Waals surface area contributed by atoms with Crippen molar-refractivity contribution in [2.24, 2.45) is 28.6 Å². The van der Waals surface area contributed by atoms with Crippen LogP contribution in [0.5, 0.6) is 0 Å². The number of carbonyl (C=O) groups is 3. The molecule has 8 nitrogen and oxygen atoms in total. The van der Waals surface area contributed by atoms with Crippen LogP contribution in [0.1, 0.15) is 73.6 Å². The van der Waals surface area contributed by atoms with Gasteiger partial charge in [-0.3, -0.25) is 19.1 Å². The first-order chi connectivity index (χ1) is 17.8. The van der Waals surface area contributed by atoms with Gasteiger partial charge in [0.1, 0.15) is 6.10 Å². The summed E-state index contributed by atoms with van der Waals surface area (Å²) in [5.41, 5.74) is 0.319. The van der Waals surface area contributed by atoms with Gasteiger partial charge >= 0.3 is 17.9 Å². The van der Waals surface area contributed by atoms with Crippen molar-refractivity contribution in [3.05, 3.63) is 36.5 Å². The van der Waals surface area contributed by atoms with E-state index in [0.29, 0.717) is 24.8 Å². The Kier molecular flexibility index (Phi) is 9.30. The normalized spacial score (nSPS) is 36.7. The number of rotatable bonds is 10. The van der Waals surface area contributed by atoms with E-state index in [1.54, 1.807) is 13.2 Å². The zero-order valence-corrected chi connectivity index (χ0v) is 23.9. The maximum atomic E-state index is 12.9. The fraction of sp³-hybridized carbons (Fsp3) is 0.700. The first-order valence-corrected chi connectivity index (χ1v) is 13.6. The minimum absolute atomic E-state index is 0.194. The Morgan fingerprint density at radius 3 is 2.39 bits per heavy atom. The molecule has 0 N–H and O–H groups in total. The molecule has 38 heavy (non-hydrogen) atoms. The Morgan fingerprint density at radius 2 is 1.84 bits per heavy atom. The van der Waals surface area contributed by atoms with Crippen LogP contribution in [-0.2, 0) is 38.1 Å². The highest BCUT2D eigenvalue weighted by Crippen LogP contribution is 2.68. The van der Waals surface area contributed by atoms with Gasteiger partial charge in [-0.15, -0.1) is 0 Å². The van der Waals surface area contributed by atoms with Crippen LogP contribution in [0.2, 0.25) is 0 Å². The summed E-state index contributed by atoms with van der Waals surface area (Å²) in [4.78, 5) is 37.3. The van der Waals surface area contributed by atoms with Crippen LogP contribution < -0.4 is 0 Å². The van der Waals surface area contributed by atoms with Gasteiger partial charge in [0.25, 0.3) is 0 Å². The summed E-state index contributed by atoms with van der Waals surface area (Å²) in [5, 5.41) is 0. The van der Waals surface area contributed by atoms with Crippen LogP contribution >= 0.6 is 0 Å². The zero-order valence-electron chi connectivity index (χ0n) is 23.9. The fourth-order valence-corrected chi connectivity index (χ4v) is 6.70. The first-order valence-electron chi connectivity index (χ1n) is 13.6. The van der Waals surface area contributed by atoms with Crippen LogP contribution in [0.4, 0.5) is 0 Å². The van der Waals surface area contributed by atoms with Crippen LogP contribution in [-0.4, -0.2) is 49.8 Å². The van der Waals surface area contributed by atoms with Gasteiger partial charge in [0.15, 0.2) is 0 Å². The molecule has 3 rings (SSSR count). The minimum Gasteiger partial charge on any atom is -0.458 e. The smallest absolute Gasteiger partial charge is 0.309 e. The van der Waals surface area contributed by atoms with Crippen molar-refractivity contribution in [3.63, 3.8) is 0 Å². The summed E-state index contributed by atoms with van der Waals surface area (Å²) >= 11 is 0. The highest BCUT2D eigenvalue weighted by molar-refractivity contribution is 5.72. The third-order valence-corrected chi connectivity index (χ3v) is 9.21. The Labute approximate surface area is 226 Å². The van der Waals surface area contributed by atoms with Crippen molar-refractivity contribution >= 4 is 17.9 Å². The summed E-state index contributed by atoms with van der Waals surface area (Å²) in [6.45, 7) is 18.8. The molecular formula is C30H44O8. The van der Waals surface area contributed by atoms with E-state index in [2.05, 4.69) is 27.0 Å². The molecule has 1 heterocycles. The van der Waals surface area contributed by atoms with Gasteiger partial charge in [0, 0.05) is 26.5 Å². The molecule has 1 spiro atoms. The van der Waals surface area contributed by atoms with Crippen molar-refractivity contribution in [1.29, 1.82) is 0 Å². The second kappa shape index (κ2) is 11.7. The predicted molar refractivity (Wildman–Crippen MR) is 141 cm³/mol. The lowest BCUT2D eigenvalue weighted by Gasteiger charge is -2.61. The zero-order chi connectivity index (χ0) is 28.4. The van der Waals surface area contributed by atoms with E-state index in [1.807, 2.05) is 19.9 Å². The lowest BCUT2D eigenvalue weighted by Crippen LogP contribution is -2.63. The molecular weight excluding hydrogens is 488 g/mol. The van der Waals surface area contributed by atoms with Crippen LogP contribution in [0.25, 0.3) is 0 Å². The lowest BCUT2D eigenvalue weighted by molar-refractivity contribution is -0.258. The minimum atomic E-state index is -1.09. The number of esters is 3. The summed E-state index contributed by atoms with van der Waals surface area (Å²) < 4.78 is 29.8. The molecule has 0 radical (unpaired) electrons. The first kappa shape index (κ1) is 30.1. The topological polar surface area (TPSA) is 97.4 Å². The number of hydrogen-bond donors (Lipinski definition) is 0. The van der Waals surface area contributed by atoms with Gasteiger partial charge in [-0.2, -0.15) is 0 Å². The number of ether oxygens (including phenoxy) is 5. The SMILES string of the molecule is C=CC(=C)CC[C@]1(C)[C@H]2C[C@H](OC(=O)C(C)CC)C=C3[C@@H](OC(C)=O)O[C@@H](OC(C)=O)[C@@]32[C@H](OC)C[C@@H]1C. The molecule has 9 atom stereocenters. The van der Waals surface area contributed by atoms with E-state index in [4.69, 9.17) is 23.7 Å². The van der Waals surface area contributed by atoms with Crippen LogP contribution in [0, 0.1) is 28.6 Å². The monoisotopic (exact) mass is 532 g/mol. The Morgan fingerprint density at radius 1 is 1.18 bits per heavy atom. The predicted octanol–water partition coefficient (Wildman–Crippen LogP) is 5.27. The summed E-state index contributed by atoms with van der Waals surface area (Å²) in [7, 11) is 1.64. The second-order valence-electron chi connectivity index (χ2n) is 11.4. The quantitative estimate of drug-likeness (QED) is 0.162. The lowest BCUT2D eigenvalue weighted by atomic mass is 9.45. The summed E-state index contributed by atoms with van der Waals surface area (Å²) in [6, 6.07) is 0. The van der Waals surface area contributed by atoms with Gasteiger partial charge in [-0.05, 0) is 55.4 Å². The largest absolute Gasteiger partial charge is 0.458 e. The molecule has 3 aliphatic rings. The molecule has 2 fully saturated rings. The van der Waals surface area contributed by atoms with Crippen molar-refractivity contribution in [3.8, 4) is 0 Å². The molecule has 0 amide bonds. The second-order valence-corrected chi connectivity index (χ2v) is 11.4. The van der Waals surface area contributed by atoms with Crippen molar-refractivity contribution in [2.75, 3.05) is 7.11 Å². The van der Waals surface area contributed by atoms with Gasteiger partial charge in [0.2, 0.25) is 12.6 Å². The molecule has 1 unspecified atom stereocenters. The van der Waals surface area contributed by atoms with Gasteiger partial charge in [-0.25, -0.2) is 0 Å². The maximum absolute atomic E-state index is 12.9. The number of carbonyl (C=O) groups excluding carboxylic acids is 3. The molecule has 8 heteroatoms. The molecule has 2 aliphatic carbocycles. The van der Waals surface area contributed by atoms with Crippen LogP contribution in [0.15, 0.2) is 36.5 Å². The summed E-state index contributed by atoms with van der Waals surface area (Å²) in [5.74, 6) is -1.57. The molecule has 212 valence electrons. The highest BCUT2D eigenvalue weighted by atomic mass is 16.8. The molecule has 0 bridgehead atoms. The third kappa shape index (κ3) is 5.34. The molecule has 1 saturated heterocycles. The standard InChI is InChI=1S/C30H44O8/c1-10-17(3)12-13-29(8)19(5)14-25(34-9)30-23(27(35-20(6)31)38-28(30)36-21(7)32)15-22(16-24(29)30)37-26(33)18(4)11-2/h10,15,18-19,22,24-25,27-28H,1,3,11-14,16H2,2,4-9H3/t18?,19-,22+,24+,25+,27-,28+,29-,30-/m0/s1. The number of methoxy groups -OCH3 is 1. The van der Waals surface area contributed by atoms with E-state index in [-0.39, 0.29) is 35.2 Å². The maximum Gasteiger partial charge on any atom is 0.309 e. The Hall–Kier alpha value is -2.45. The van der Waals surface area contributed by atoms with E-state index in [1.165, 1.54) is 13.8 Å². The number of allylic oxidation sites excluding steroid dienone is 2. The average Bonchev–Trinajstić information content (AvgIpc) is 3.15. The highest BCUT2D eigenvalue weighted by Gasteiger charge is 2.71. The van der Waals surface area contributed by atoms with Crippen LogP contribution in [0.3, 0.4) is 0 Å². The van der Waals surface area contributed by atoms with Gasteiger partial charge < -0.3 is 18.9 Å². The van der Waals surface area contributed by atoms with Gasteiger partial charge in [-0.1, -0.05) is 52.5 Å². The van der Waals surface area contributed by atoms with Crippen molar-refractivity contribution in [2.45, 2.75) is 98.4 Å². The number of hydrogen-bond acceptors (Lipinski definition) is 8. The summed E-state index contributed by atoms with van der Waals surface area (Å²) in [6.07, 6.45) is 3.86.